The van der Waals surface area contributed by atoms with Crippen LogP contribution in [0.25, 0.3) is 11.4 Å². The molecule has 2 N–H and O–H groups in total. The van der Waals surface area contributed by atoms with Crippen LogP contribution in [0, 0.1) is 6.92 Å². The average molecular weight is 477 g/mol. The van der Waals surface area contributed by atoms with Crippen LogP contribution in [0.1, 0.15) is 31.0 Å². The number of rotatable bonds is 7. The molecule has 0 atom stereocenters. The van der Waals surface area contributed by atoms with Crippen LogP contribution in [-0.4, -0.2) is 63.9 Å². The van der Waals surface area contributed by atoms with E-state index in [0.717, 1.165) is 0 Å². The molecule has 3 rings (SSSR count). The van der Waals surface area contributed by atoms with Crippen molar-refractivity contribution >= 4 is 23.6 Å². The Labute approximate surface area is 197 Å². The number of piperidine rings is 1. The summed E-state index contributed by atoms with van der Waals surface area (Å²) in [7, 11) is 0. The Morgan fingerprint density at radius 2 is 2.03 bits per heavy atom. The molecule has 1 saturated heterocycles. The Morgan fingerprint density at radius 1 is 1.30 bits per heavy atom. The van der Waals surface area contributed by atoms with E-state index in [0.29, 0.717) is 60.2 Å². The standard InChI is InChI=1S/C23H29ClN4O5/c1-3-33-23(32)27-10-7-18(8-11-27)26-20(30)14-28-21(16-5-4-6-17(24)13-16)25-15(2)19(9-12-29)22(28)31/h4-6,13,18,29H,3,7-12,14H2,1-2H3,(H,26,30). The Balaban J connectivity index is 1.79. The SMILES string of the molecule is CCOC(=O)N1CCC(NC(=O)Cn2c(-c3cccc(Cl)c3)nc(C)c(CCO)c2=O)CC1. The third kappa shape index (κ3) is 6.11. The van der Waals surface area contributed by atoms with Crippen LogP contribution in [0.4, 0.5) is 4.79 Å². The smallest absolute Gasteiger partial charge is 0.409 e. The number of aromatic nitrogens is 2. The van der Waals surface area contributed by atoms with Gasteiger partial charge in [0.05, 0.1) is 6.61 Å². The van der Waals surface area contributed by atoms with Gasteiger partial charge in [0.2, 0.25) is 5.91 Å². The highest BCUT2D eigenvalue weighted by atomic mass is 35.5. The maximum atomic E-state index is 13.2. The number of aliphatic hydroxyl groups is 1. The van der Waals surface area contributed by atoms with Gasteiger partial charge in [-0.2, -0.15) is 0 Å². The summed E-state index contributed by atoms with van der Waals surface area (Å²) in [5, 5.41) is 12.8. The molecule has 0 bridgehead atoms. The van der Waals surface area contributed by atoms with Crippen LogP contribution in [0.2, 0.25) is 5.02 Å². The summed E-state index contributed by atoms with van der Waals surface area (Å²) < 4.78 is 6.35. The molecular formula is C23H29ClN4O5. The van der Waals surface area contributed by atoms with Gasteiger partial charge >= 0.3 is 6.09 Å². The molecule has 0 saturated carbocycles. The van der Waals surface area contributed by atoms with Crippen molar-refractivity contribution < 1.29 is 19.4 Å². The molecule has 1 aliphatic rings. The molecule has 33 heavy (non-hydrogen) atoms. The van der Waals surface area contributed by atoms with Crippen molar-refractivity contribution in [1.82, 2.24) is 19.8 Å². The van der Waals surface area contributed by atoms with Crippen molar-refractivity contribution in [2.75, 3.05) is 26.3 Å². The van der Waals surface area contributed by atoms with Gasteiger partial charge in [-0.05, 0) is 38.8 Å². The minimum Gasteiger partial charge on any atom is -0.450 e. The number of halogens is 1. The lowest BCUT2D eigenvalue weighted by molar-refractivity contribution is -0.122. The van der Waals surface area contributed by atoms with Crippen LogP contribution < -0.4 is 10.9 Å². The second-order valence-corrected chi connectivity index (χ2v) is 8.34. The van der Waals surface area contributed by atoms with E-state index in [2.05, 4.69) is 10.3 Å². The van der Waals surface area contributed by atoms with Crippen LogP contribution in [0.3, 0.4) is 0 Å². The first-order valence-electron chi connectivity index (χ1n) is 11.0. The quantitative estimate of drug-likeness (QED) is 0.633. The summed E-state index contributed by atoms with van der Waals surface area (Å²) in [6.07, 6.45) is 1.01. The Hall–Kier alpha value is -2.91. The van der Waals surface area contributed by atoms with Gasteiger partial charge in [0.1, 0.15) is 12.4 Å². The number of hydrogen-bond donors (Lipinski definition) is 2. The van der Waals surface area contributed by atoms with Gasteiger partial charge < -0.3 is 20.1 Å². The number of nitrogens with one attached hydrogen (secondary N) is 1. The first-order valence-corrected chi connectivity index (χ1v) is 11.4. The van der Waals surface area contributed by atoms with Gasteiger partial charge in [0, 0.05) is 54.0 Å². The molecule has 0 radical (unpaired) electrons. The number of aryl methyl sites for hydroxylation is 1. The lowest BCUT2D eigenvalue weighted by atomic mass is 10.1. The average Bonchev–Trinajstić information content (AvgIpc) is 2.79. The van der Waals surface area contributed by atoms with Crippen LogP contribution >= 0.6 is 11.6 Å². The Morgan fingerprint density at radius 3 is 2.67 bits per heavy atom. The fourth-order valence-corrected chi connectivity index (χ4v) is 4.12. The molecule has 1 fully saturated rings. The predicted molar refractivity (Wildman–Crippen MR) is 124 cm³/mol. The second-order valence-electron chi connectivity index (χ2n) is 7.90. The zero-order chi connectivity index (χ0) is 24.0. The van der Waals surface area contributed by atoms with Crippen molar-refractivity contribution in [3.8, 4) is 11.4 Å². The maximum absolute atomic E-state index is 13.2. The molecule has 10 heteroatoms. The molecule has 0 spiro atoms. The largest absolute Gasteiger partial charge is 0.450 e. The van der Waals surface area contributed by atoms with Gasteiger partial charge in [-0.15, -0.1) is 0 Å². The zero-order valence-corrected chi connectivity index (χ0v) is 19.6. The van der Waals surface area contributed by atoms with E-state index in [1.165, 1.54) is 4.57 Å². The molecule has 1 aromatic heterocycles. The number of amides is 2. The van der Waals surface area contributed by atoms with Crippen LogP contribution in [0.15, 0.2) is 29.1 Å². The monoisotopic (exact) mass is 476 g/mol. The van der Waals surface area contributed by atoms with Crippen molar-refractivity contribution in [2.24, 2.45) is 0 Å². The van der Waals surface area contributed by atoms with Crippen LogP contribution in [0.5, 0.6) is 0 Å². The van der Waals surface area contributed by atoms with Crippen molar-refractivity contribution in [2.45, 2.75) is 45.7 Å². The van der Waals surface area contributed by atoms with Gasteiger partial charge in [0.25, 0.3) is 5.56 Å². The lowest BCUT2D eigenvalue weighted by Gasteiger charge is -2.31. The summed E-state index contributed by atoms with van der Waals surface area (Å²) >= 11 is 6.13. The molecule has 2 heterocycles. The van der Waals surface area contributed by atoms with Gasteiger partial charge in [0.15, 0.2) is 0 Å². The molecule has 1 aromatic carbocycles. The fraction of sp³-hybridized carbons (Fsp3) is 0.478. The van der Waals surface area contributed by atoms with Crippen molar-refractivity contribution in [1.29, 1.82) is 0 Å². The number of carbonyl (C=O) groups excluding carboxylic acids is 2. The number of nitrogens with zero attached hydrogens (tertiary/aromatic N) is 3. The van der Waals surface area contributed by atoms with Crippen molar-refractivity contribution in [3.05, 3.63) is 50.9 Å². The van der Waals surface area contributed by atoms with Crippen LogP contribution in [-0.2, 0) is 22.5 Å². The predicted octanol–water partition coefficient (Wildman–Crippen LogP) is 2.14. The maximum Gasteiger partial charge on any atom is 0.409 e. The van der Waals surface area contributed by atoms with Gasteiger partial charge in [-0.1, -0.05) is 23.7 Å². The lowest BCUT2D eigenvalue weighted by Crippen LogP contribution is -2.48. The molecule has 2 aromatic rings. The number of likely N-dealkylation sites (tertiary alicyclic amines) is 1. The Kier molecular flexibility index (Phi) is 8.46. The first-order chi connectivity index (χ1) is 15.8. The Bertz CT molecular complexity index is 1060. The molecule has 2 amide bonds. The summed E-state index contributed by atoms with van der Waals surface area (Å²) in [6.45, 7) is 4.36. The fourth-order valence-electron chi connectivity index (χ4n) is 3.93. The minimum absolute atomic E-state index is 0.108. The van der Waals surface area contributed by atoms with E-state index in [4.69, 9.17) is 16.3 Å². The highest BCUT2D eigenvalue weighted by molar-refractivity contribution is 6.30. The zero-order valence-electron chi connectivity index (χ0n) is 18.8. The third-order valence-electron chi connectivity index (χ3n) is 5.60. The highest BCUT2D eigenvalue weighted by Crippen LogP contribution is 2.21. The van der Waals surface area contributed by atoms with E-state index in [9.17, 15) is 19.5 Å². The number of hydrogen-bond acceptors (Lipinski definition) is 6. The molecule has 0 aliphatic carbocycles. The van der Waals surface area contributed by atoms with Crippen molar-refractivity contribution in [3.63, 3.8) is 0 Å². The third-order valence-corrected chi connectivity index (χ3v) is 5.84. The van der Waals surface area contributed by atoms with E-state index < -0.39 is 0 Å². The summed E-state index contributed by atoms with van der Waals surface area (Å²) in [5.74, 6) is 0.0181. The molecule has 178 valence electrons. The molecule has 9 nitrogen and oxygen atoms in total. The van der Waals surface area contributed by atoms with E-state index in [1.54, 1.807) is 43.0 Å². The number of benzene rings is 1. The first kappa shape index (κ1) is 24.7. The normalized spacial score (nSPS) is 14.2. The summed E-state index contributed by atoms with van der Waals surface area (Å²) in [6, 6.07) is 6.83. The molecule has 1 aliphatic heterocycles. The van der Waals surface area contributed by atoms with Gasteiger partial charge in [-0.3, -0.25) is 14.2 Å². The number of ether oxygens (including phenoxy) is 1. The van der Waals surface area contributed by atoms with Gasteiger partial charge in [-0.25, -0.2) is 9.78 Å². The second kappa shape index (κ2) is 11.3. The highest BCUT2D eigenvalue weighted by Gasteiger charge is 2.25. The minimum atomic E-state index is -0.362. The van der Waals surface area contributed by atoms with E-state index >= 15 is 0 Å². The topological polar surface area (TPSA) is 114 Å². The van der Waals surface area contributed by atoms with E-state index in [1.807, 2.05) is 0 Å². The number of aliphatic hydroxyl groups excluding tert-OH is 1. The summed E-state index contributed by atoms with van der Waals surface area (Å²) in [4.78, 5) is 44.1. The summed E-state index contributed by atoms with van der Waals surface area (Å²) in [5.41, 5.74) is 1.14. The molecular weight excluding hydrogens is 448 g/mol. The molecule has 0 unspecified atom stereocenters. The number of carbonyl (C=O) groups is 2. The van der Waals surface area contributed by atoms with E-state index in [-0.39, 0.29) is 43.2 Å².